The van der Waals surface area contributed by atoms with E-state index >= 15 is 0 Å². The Morgan fingerprint density at radius 3 is 1.18 bits per heavy atom. The average Bonchev–Trinajstić information content (AvgIpc) is 3.30. The standard InChI is InChI=1S/C55H39NS/c1-5-16-40(17-6-1)42-28-34-47(35-29-42)56(48-36-30-43(31-37-48)41-18-7-2-8-19-41)49-38-32-44(33-39-49)50-24-15-26-52-54(50)57-53-27-14-13-25-51(53)55(52,45-20-9-3-10-21-45)46-22-11-4-12-23-46/h1-39H. The van der Waals surface area contributed by atoms with Crippen LogP contribution in [0.4, 0.5) is 17.1 Å². The second-order valence-electron chi connectivity index (χ2n) is 14.5. The van der Waals surface area contributed by atoms with Crippen molar-refractivity contribution in [3.63, 3.8) is 0 Å². The van der Waals surface area contributed by atoms with Crippen LogP contribution in [0.3, 0.4) is 0 Å². The molecule has 270 valence electrons. The molecule has 9 aromatic rings. The number of nitrogens with zero attached hydrogens (tertiary/aromatic N) is 1. The van der Waals surface area contributed by atoms with Gasteiger partial charge in [0, 0.05) is 26.9 Å². The van der Waals surface area contributed by atoms with Crippen LogP contribution in [-0.4, -0.2) is 0 Å². The summed E-state index contributed by atoms with van der Waals surface area (Å²) in [6.45, 7) is 0. The fraction of sp³-hybridized carbons (Fsp3) is 0.0182. The second-order valence-corrected chi connectivity index (χ2v) is 15.5. The van der Waals surface area contributed by atoms with Gasteiger partial charge in [0.15, 0.2) is 0 Å². The molecular weight excluding hydrogens is 707 g/mol. The summed E-state index contributed by atoms with van der Waals surface area (Å²) in [6, 6.07) is 86.0. The molecule has 0 atom stereocenters. The highest BCUT2D eigenvalue weighted by molar-refractivity contribution is 7.99. The van der Waals surface area contributed by atoms with Gasteiger partial charge >= 0.3 is 0 Å². The minimum Gasteiger partial charge on any atom is -0.311 e. The van der Waals surface area contributed by atoms with Crippen molar-refractivity contribution in [3.05, 3.63) is 259 Å². The molecule has 0 aromatic heterocycles. The van der Waals surface area contributed by atoms with E-state index in [1.807, 2.05) is 11.8 Å². The van der Waals surface area contributed by atoms with E-state index in [1.165, 1.54) is 65.4 Å². The van der Waals surface area contributed by atoms with Crippen molar-refractivity contribution < 1.29 is 0 Å². The van der Waals surface area contributed by atoms with Crippen LogP contribution < -0.4 is 4.90 Å². The quantitative estimate of drug-likeness (QED) is 0.152. The summed E-state index contributed by atoms with van der Waals surface area (Å²) in [5.74, 6) is 0. The van der Waals surface area contributed by atoms with E-state index in [0.717, 1.165) is 17.1 Å². The van der Waals surface area contributed by atoms with Crippen LogP contribution in [0.15, 0.2) is 246 Å². The summed E-state index contributed by atoms with van der Waals surface area (Å²) in [6.07, 6.45) is 0. The third-order valence-electron chi connectivity index (χ3n) is 11.2. The van der Waals surface area contributed by atoms with Crippen molar-refractivity contribution in [1.29, 1.82) is 0 Å². The third-order valence-corrected chi connectivity index (χ3v) is 12.5. The zero-order chi connectivity index (χ0) is 38.0. The Hall–Kier alpha value is -6.87. The number of hydrogen-bond acceptors (Lipinski definition) is 2. The third kappa shape index (κ3) is 6.25. The van der Waals surface area contributed by atoms with Crippen molar-refractivity contribution in [3.8, 4) is 33.4 Å². The minimum atomic E-state index is -0.468. The minimum absolute atomic E-state index is 0.468. The van der Waals surface area contributed by atoms with Gasteiger partial charge in [0.2, 0.25) is 0 Å². The van der Waals surface area contributed by atoms with Crippen LogP contribution in [0, 0.1) is 0 Å². The van der Waals surface area contributed by atoms with E-state index in [0.29, 0.717) is 0 Å². The molecule has 0 saturated heterocycles. The van der Waals surface area contributed by atoms with Gasteiger partial charge in [-0.15, -0.1) is 0 Å². The summed E-state index contributed by atoms with van der Waals surface area (Å²) >= 11 is 1.89. The zero-order valence-corrected chi connectivity index (χ0v) is 32.2. The Bertz CT molecular complexity index is 2640. The molecule has 0 unspecified atom stereocenters. The lowest BCUT2D eigenvalue weighted by atomic mass is 9.64. The highest BCUT2D eigenvalue weighted by atomic mass is 32.2. The van der Waals surface area contributed by atoms with Crippen LogP contribution in [0.1, 0.15) is 22.3 Å². The van der Waals surface area contributed by atoms with Crippen LogP contribution in [0.5, 0.6) is 0 Å². The van der Waals surface area contributed by atoms with E-state index < -0.39 is 5.41 Å². The van der Waals surface area contributed by atoms with Crippen molar-refractivity contribution in [1.82, 2.24) is 0 Å². The van der Waals surface area contributed by atoms with Crippen LogP contribution in [0.2, 0.25) is 0 Å². The molecule has 1 aliphatic rings. The molecule has 0 radical (unpaired) electrons. The first-order chi connectivity index (χ1) is 28.3. The highest BCUT2D eigenvalue weighted by Gasteiger charge is 2.44. The molecule has 0 fully saturated rings. The number of hydrogen-bond donors (Lipinski definition) is 0. The summed E-state index contributed by atoms with van der Waals surface area (Å²) in [5.41, 5.74) is 15.3. The molecule has 0 amide bonds. The first-order valence-corrected chi connectivity index (χ1v) is 20.3. The van der Waals surface area contributed by atoms with Crippen LogP contribution >= 0.6 is 11.8 Å². The Labute approximate surface area is 339 Å². The largest absolute Gasteiger partial charge is 0.311 e. The lowest BCUT2D eigenvalue weighted by molar-refractivity contribution is 0.703. The van der Waals surface area contributed by atoms with Crippen molar-refractivity contribution >= 4 is 28.8 Å². The molecule has 1 aliphatic heterocycles. The Morgan fingerprint density at radius 1 is 0.298 bits per heavy atom. The monoisotopic (exact) mass is 745 g/mol. The normalized spacial score (nSPS) is 12.6. The average molecular weight is 746 g/mol. The molecule has 57 heavy (non-hydrogen) atoms. The van der Waals surface area contributed by atoms with E-state index in [2.05, 4.69) is 241 Å². The van der Waals surface area contributed by atoms with Gasteiger partial charge in [0.05, 0.1) is 5.41 Å². The zero-order valence-electron chi connectivity index (χ0n) is 31.4. The lowest BCUT2D eigenvalue weighted by Crippen LogP contribution is -2.34. The summed E-state index contributed by atoms with van der Waals surface area (Å²) in [7, 11) is 0. The van der Waals surface area contributed by atoms with Crippen LogP contribution in [-0.2, 0) is 5.41 Å². The predicted molar refractivity (Wildman–Crippen MR) is 240 cm³/mol. The fourth-order valence-electron chi connectivity index (χ4n) is 8.56. The second kappa shape index (κ2) is 15.0. The highest BCUT2D eigenvalue weighted by Crippen LogP contribution is 2.57. The van der Waals surface area contributed by atoms with Gasteiger partial charge in [-0.05, 0) is 98.1 Å². The summed E-state index contributed by atoms with van der Waals surface area (Å²) in [5, 5.41) is 0. The van der Waals surface area contributed by atoms with Crippen molar-refractivity contribution in [2.45, 2.75) is 15.2 Å². The molecule has 0 aliphatic carbocycles. The lowest BCUT2D eigenvalue weighted by Gasteiger charge is -2.42. The first-order valence-electron chi connectivity index (χ1n) is 19.5. The summed E-state index contributed by atoms with van der Waals surface area (Å²) < 4.78 is 0. The Morgan fingerprint density at radius 2 is 0.684 bits per heavy atom. The number of fused-ring (bicyclic) bond motifs is 2. The maximum atomic E-state index is 2.36. The molecule has 10 rings (SSSR count). The van der Waals surface area contributed by atoms with Gasteiger partial charge in [-0.25, -0.2) is 0 Å². The molecule has 1 heterocycles. The summed E-state index contributed by atoms with van der Waals surface area (Å²) in [4.78, 5) is 4.93. The number of anilines is 3. The molecule has 9 aromatic carbocycles. The Balaban J connectivity index is 1.09. The smallest absolute Gasteiger partial charge is 0.0723 e. The first kappa shape index (κ1) is 34.6. The number of rotatable bonds is 8. The van der Waals surface area contributed by atoms with Gasteiger partial charge in [-0.2, -0.15) is 0 Å². The molecule has 0 saturated carbocycles. The molecule has 0 spiro atoms. The molecule has 1 nitrogen and oxygen atoms in total. The molecule has 0 bridgehead atoms. The topological polar surface area (TPSA) is 3.24 Å². The van der Waals surface area contributed by atoms with E-state index in [-0.39, 0.29) is 0 Å². The van der Waals surface area contributed by atoms with Gasteiger partial charge in [-0.1, -0.05) is 206 Å². The van der Waals surface area contributed by atoms with E-state index in [1.54, 1.807) is 0 Å². The van der Waals surface area contributed by atoms with Gasteiger partial charge < -0.3 is 4.90 Å². The maximum absolute atomic E-state index is 2.36. The van der Waals surface area contributed by atoms with Crippen molar-refractivity contribution in [2.24, 2.45) is 0 Å². The van der Waals surface area contributed by atoms with E-state index in [4.69, 9.17) is 0 Å². The van der Waals surface area contributed by atoms with Crippen LogP contribution in [0.25, 0.3) is 33.4 Å². The predicted octanol–water partition coefficient (Wildman–Crippen LogP) is 15.0. The molecule has 2 heteroatoms. The van der Waals surface area contributed by atoms with E-state index in [9.17, 15) is 0 Å². The molecule has 0 N–H and O–H groups in total. The molecular formula is C55H39NS. The Kier molecular flexibility index (Phi) is 9.10. The van der Waals surface area contributed by atoms with Gasteiger partial charge in [0.25, 0.3) is 0 Å². The van der Waals surface area contributed by atoms with Gasteiger partial charge in [0.1, 0.15) is 0 Å². The number of benzene rings is 9. The maximum Gasteiger partial charge on any atom is 0.0723 e. The van der Waals surface area contributed by atoms with Crippen molar-refractivity contribution in [2.75, 3.05) is 4.90 Å². The van der Waals surface area contributed by atoms with Gasteiger partial charge in [-0.3, -0.25) is 0 Å². The fourth-order valence-corrected chi connectivity index (χ4v) is 9.88. The SMILES string of the molecule is c1ccc(-c2ccc(N(c3ccc(-c4ccccc4)cc3)c3ccc(-c4cccc5c4Sc4ccccc4C5(c4ccccc4)c4ccccc4)cc3)cc2)cc1.